The molecule has 240 valence electrons. The summed E-state index contributed by atoms with van der Waals surface area (Å²) in [5.74, 6) is -1.93. The second-order valence-electron chi connectivity index (χ2n) is 11.6. The highest BCUT2D eigenvalue weighted by molar-refractivity contribution is 7.18. The van der Waals surface area contributed by atoms with Crippen LogP contribution < -0.4 is 4.74 Å². The zero-order valence-corrected chi connectivity index (χ0v) is 26.7. The zero-order valence-electron chi connectivity index (χ0n) is 25.9. The van der Waals surface area contributed by atoms with Crippen LogP contribution in [0.4, 0.5) is 8.78 Å². The molecule has 4 aromatic heterocycles. The number of fused-ring (bicyclic) bond motifs is 3. The Labute approximate surface area is 272 Å². The van der Waals surface area contributed by atoms with Crippen molar-refractivity contribution in [1.82, 2.24) is 29.5 Å². The lowest BCUT2D eigenvalue weighted by atomic mass is 9.96. The highest BCUT2D eigenvalue weighted by Gasteiger charge is 2.31. The molecular formula is C34H30F2N6O4S. The fourth-order valence-electron chi connectivity index (χ4n) is 6.27. The lowest BCUT2D eigenvalue weighted by Gasteiger charge is -2.31. The summed E-state index contributed by atoms with van der Waals surface area (Å²) in [6.45, 7) is 7.02. The van der Waals surface area contributed by atoms with E-state index in [2.05, 4.69) is 11.6 Å². The summed E-state index contributed by atoms with van der Waals surface area (Å²) in [6.07, 6.45) is 2.91. The first kappa shape index (κ1) is 30.6. The Morgan fingerprint density at radius 2 is 1.96 bits per heavy atom. The summed E-state index contributed by atoms with van der Waals surface area (Å²) in [4.78, 5) is 38.0. The molecule has 13 heteroatoms. The van der Waals surface area contributed by atoms with E-state index in [0.29, 0.717) is 58.2 Å². The number of amides is 2. The molecule has 1 aromatic carbocycles. The molecule has 47 heavy (non-hydrogen) atoms. The Balaban J connectivity index is 1.49. The third kappa shape index (κ3) is 5.25. The van der Waals surface area contributed by atoms with Gasteiger partial charge in [-0.2, -0.15) is 5.10 Å². The molecule has 1 atom stereocenters. The van der Waals surface area contributed by atoms with E-state index in [1.807, 2.05) is 35.2 Å². The van der Waals surface area contributed by atoms with Crippen LogP contribution in [0.3, 0.4) is 0 Å². The lowest BCUT2D eigenvalue weighted by molar-refractivity contribution is -0.127. The number of rotatable bonds is 8. The molecule has 0 saturated heterocycles. The van der Waals surface area contributed by atoms with E-state index in [4.69, 9.17) is 19.6 Å². The number of benzene rings is 1. The van der Waals surface area contributed by atoms with Gasteiger partial charge in [0.25, 0.3) is 5.91 Å². The van der Waals surface area contributed by atoms with Gasteiger partial charge in [0.1, 0.15) is 41.1 Å². The van der Waals surface area contributed by atoms with Crippen LogP contribution in [0.25, 0.3) is 43.9 Å². The van der Waals surface area contributed by atoms with E-state index in [1.165, 1.54) is 24.5 Å². The van der Waals surface area contributed by atoms with E-state index in [9.17, 15) is 14.0 Å². The van der Waals surface area contributed by atoms with Gasteiger partial charge in [0, 0.05) is 72.4 Å². The number of ether oxygens (including phenoxy) is 2. The molecule has 0 saturated carbocycles. The van der Waals surface area contributed by atoms with Crippen molar-refractivity contribution in [2.24, 2.45) is 0 Å². The summed E-state index contributed by atoms with van der Waals surface area (Å²) in [7, 11) is 3.24. The molecule has 0 radical (unpaired) electrons. The fraction of sp³-hybridized carbons (Fsp3) is 0.265. The number of aromatic nitrogens is 4. The number of pyridine rings is 2. The average molecular weight is 657 g/mol. The van der Waals surface area contributed by atoms with Gasteiger partial charge in [-0.1, -0.05) is 6.58 Å². The van der Waals surface area contributed by atoms with Crippen molar-refractivity contribution in [2.75, 3.05) is 33.9 Å². The fourth-order valence-corrected chi connectivity index (χ4v) is 7.21. The van der Waals surface area contributed by atoms with E-state index in [1.54, 1.807) is 23.0 Å². The predicted octanol–water partition coefficient (Wildman–Crippen LogP) is 5.87. The standard InChI is InChI=1S/C34H30F2N6O4S/c1-5-27(43)41-15-18(2)42-22(17-41)13-25(39-42)32-29(28-24(36)11-21(35)12-26(28)46-8-7-45-4)33-23(6-9-47-33)30(38-32)19-10-20-16-40(3)34(44)31(20)37-14-19/h5-6,9-14,18H,1,7-8,15-17H2,2-4H3/t18-/m0/s1. The van der Waals surface area contributed by atoms with Crippen LogP contribution in [0.15, 0.2) is 54.6 Å². The van der Waals surface area contributed by atoms with E-state index < -0.39 is 11.6 Å². The van der Waals surface area contributed by atoms with Crippen LogP contribution in [0.1, 0.15) is 34.7 Å². The smallest absolute Gasteiger partial charge is 0.272 e. The number of methoxy groups -OCH3 is 1. The molecule has 0 bridgehead atoms. The molecule has 0 aliphatic carbocycles. The van der Waals surface area contributed by atoms with Crippen LogP contribution >= 0.6 is 11.3 Å². The highest BCUT2D eigenvalue weighted by atomic mass is 32.1. The summed E-state index contributed by atoms with van der Waals surface area (Å²) >= 11 is 1.38. The molecular weight excluding hydrogens is 626 g/mol. The van der Waals surface area contributed by atoms with Gasteiger partial charge in [-0.15, -0.1) is 11.3 Å². The third-order valence-electron chi connectivity index (χ3n) is 8.42. The van der Waals surface area contributed by atoms with Crippen LogP contribution in [0.2, 0.25) is 0 Å². The molecule has 2 aliphatic rings. The first-order valence-corrected chi connectivity index (χ1v) is 15.8. The number of thiophene rings is 1. The maximum atomic E-state index is 16.1. The molecule has 2 amide bonds. The molecule has 10 nitrogen and oxygen atoms in total. The van der Waals surface area contributed by atoms with Crippen molar-refractivity contribution in [3.05, 3.63) is 83.1 Å². The number of carbonyl (C=O) groups is 2. The van der Waals surface area contributed by atoms with Crippen LogP contribution in [0, 0.1) is 11.6 Å². The Kier molecular flexibility index (Phi) is 7.80. The maximum Gasteiger partial charge on any atom is 0.272 e. The molecule has 6 heterocycles. The summed E-state index contributed by atoms with van der Waals surface area (Å²) in [5.41, 5.74) is 4.44. The molecule has 7 rings (SSSR count). The van der Waals surface area contributed by atoms with Crippen molar-refractivity contribution in [3.63, 3.8) is 0 Å². The SMILES string of the molecule is C=CC(=O)N1Cc2cc(-c3nc(-c4cnc5c(c4)CN(C)C5=O)c4ccsc4c3-c3c(F)cc(F)cc3OCCOC)nn2[C@@H](C)C1. The molecule has 2 aliphatic heterocycles. The number of hydrogen-bond acceptors (Lipinski definition) is 8. The molecule has 0 spiro atoms. The Morgan fingerprint density at radius 1 is 1.13 bits per heavy atom. The lowest BCUT2D eigenvalue weighted by Crippen LogP contribution is -2.39. The largest absolute Gasteiger partial charge is 0.490 e. The third-order valence-corrected chi connectivity index (χ3v) is 9.35. The van der Waals surface area contributed by atoms with Crippen LogP contribution in [0.5, 0.6) is 5.75 Å². The predicted molar refractivity (Wildman–Crippen MR) is 173 cm³/mol. The Hall–Kier alpha value is -5.01. The molecule has 5 aromatic rings. The van der Waals surface area contributed by atoms with Gasteiger partial charge in [0.2, 0.25) is 5.91 Å². The second kappa shape index (κ2) is 12.0. The summed E-state index contributed by atoms with van der Waals surface area (Å²) < 4.78 is 44.2. The number of carbonyl (C=O) groups excluding carboxylic acids is 2. The average Bonchev–Trinajstić information content (AvgIpc) is 3.78. The maximum absolute atomic E-state index is 16.1. The quantitative estimate of drug-likeness (QED) is 0.152. The van der Waals surface area contributed by atoms with Crippen LogP contribution in [-0.2, 0) is 22.6 Å². The minimum absolute atomic E-state index is 0.00546. The normalized spacial score (nSPS) is 15.7. The topological polar surface area (TPSA) is 103 Å². The molecule has 0 N–H and O–H groups in total. The number of halogens is 2. The first-order valence-electron chi connectivity index (χ1n) is 15.0. The van der Waals surface area contributed by atoms with Gasteiger partial charge in [0.05, 0.1) is 36.1 Å². The highest BCUT2D eigenvalue weighted by Crippen LogP contribution is 2.47. The number of nitrogens with zero attached hydrogens (tertiary/aromatic N) is 6. The van der Waals surface area contributed by atoms with Gasteiger partial charge in [0.15, 0.2) is 0 Å². The van der Waals surface area contributed by atoms with E-state index in [0.717, 1.165) is 28.8 Å². The Morgan fingerprint density at radius 3 is 2.74 bits per heavy atom. The minimum Gasteiger partial charge on any atom is -0.490 e. The van der Waals surface area contributed by atoms with Gasteiger partial charge in [-0.05, 0) is 36.6 Å². The zero-order chi connectivity index (χ0) is 33.0. The van der Waals surface area contributed by atoms with E-state index >= 15 is 4.39 Å². The van der Waals surface area contributed by atoms with Gasteiger partial charge >= 0.3 is 0 Å². The second-order valence-corrected chi connectivity index (χ2v) is 12.5. The van der Waals surface area contributed by atoms with Crippen LogP contribution in [-0.4, -0.2) is 75.3 Å². The summed E-state index contributed by atoms with van der Waals surface area (Å²) in [6, 6.07) is 7.47. The van der Waals surface area contributed by atoms with Crippen molar-refractivity contribution >= 4 is 33.2 Å². The minimum atomic E-state index is -0.816. The molecule has 0 unspecified atom stereocenters. The van der Waals surface area contributed by atoms with Gasteiger partial charge in [-0.3, -0.25) is 19.3 Å². The first-order chi connectivity index (χ1) is 22.7. The summed E-state index contributed by atoms with van der Waals surface area (Å²) in [5, 5.41) is 7.54. The van der Waals surface area contributed by atoms with Crippen molar-refractivity contribution in [2.45, 2.75) is 26.1 Å². The van der Waals surface area contributed by atoms with Gasteiger partial charge in [-0.25, -0.2) is 13.8 Å². The van der Waals surface area contributed by atoms with Crippen molar-refractivity contribution in [1.29, 1.82) is 0 Å². The van der Waals surface area contributed by atoms with Crippen molar-refractivity contribution < 1.29 is 27.8 Å². The number of hydrogen-bond donors (Lipinski definition) is 0. The van der Waals surface area contributed by atoms with Crippen molar-refractivity contribution in [3.8, 4) is 39.5 Å². The van der Waals surface area contributed by atoms with Gasteiger partial charge < -0.3 is 19.3 Å². The molecule has 0 fully saturated rings. The van der Waals surface area contributed by atoms with E-state index in [-0.39, 0.29) is 42.4 Å². The Bertz CT molecular complexity index is 2090. The monoisotopic (exact) mass is 656 g/mol.